The summed E-state index contributed by atoms with van der Waals surface area (Å²) in [7, 11) is 0. The third-order valence-electron chi connectivity index (χ3n) is 3.37. The van der Waals surface area contributed by atoms with E-state index in [1.165, 1.54) is 44.9 Å². The minimum Gasteiger partial charge on any atom is -0.0784 e. The number of benzene rings is 1. The van der Waals surface area contributed by atoms with Crippen molar-refractivity contribution in [2.75, 3.05) is 0 Å². The van der Waals surface area contributed by atoms with E-state index < -0.39 is 3.79 Å². The molecule has 0 heterocycles. The summed E-state index contributed by atoms with van der Waals surface area (Å²) in [5.74, 6) is 0. The van der Waals surface area contributed by atoms with Crippen LogP contribution in [0.2, 0.25) is 0 Å². The Balaban J connectivity index is 2.33. The van der Waals surface area contributed by atoms with Gasteiger partial charge in [-0.1, -0.05) is 105 Å². The molecule has 0 unspecified atom stereocenters. The van der Waals surface area contributed by atoms with Crippen molar-refractivity contribution in [1.82, 2.24) is 0 Å². The molecule has 0 amide bonds. The first kappa shape index (κ1) is 17.1. The van der Waals surface area contributed by atoms with Gasteiger partial charge in [-0.15, -0.1) is 0 Å². The number of alkyl halides is 3. The Morgan fingerprint density at radius 3 is 2.05 bits per heavy atom. The number of rotatable bonds is 8. The summed E-state index contributed by atoms with van der Waals surface area (Å²) in [5, 5.41) is 0. The zero-order valence-electron chi connectivity index (χ0n) is 11.6. The molecule has 0 aromatic heterocycles. The van der Waals surface area contributed by atoms with Crippen LogP contribution in [0.5, 0.6) is 0 Å². The molecule has 1 aromatic rings. The van der Waals surface area contributed by atoms with Crippen molar-refractivity contribution in [3.05, 3.63) is 35.4 Å². The molecule has 0 atom stereocenters. The molecule has 0 saturated carbocycles. The summed E-state index contributed by atoms with van der Waals surface area (Å²) in [6.45, 7) is 2.24. The van der Waals surface area contributed by atoms with E-state index in [1.807, 2.05) is 18.2 Å². The summed E-state index contributed by atoms with van der Waals surface area (Å²) < 4.78 is -1.31. The van der Waals surface area contributed by atoms with E-state index in [0.29, 0.717) is 0 Å². The van der Waals surface area contributed by atoms with Crippen LogP contribution in [0.15, 0.2) is 24.3 Å². The molecule has 1 rings (SSSR count). The maximum atomic E-state index is 5.99. The Bertz CT molecular complexity index is 355. The Morgan fingerprint density at radius 1 is 0.842 bits per heavy atom. The lowest BCUT2D eigenvalue weighted by Crippen LogP contribution is -2.05. The van der Waals surface area contributed by atoms with E-state index in [0.717, 1.165) is 17.5 Å². The molecular weight excluding hydrogens is 299 g/mol. The van der Waals surface area contributed by atoms with E-state index in [9.17, 15) is 0 Å². The van der Waals surface area contributed by atoms with E-state index >= 15 is 0 Å². The van der Waals surface area contributed by atoms with Crippen LogP contribution in [0.4, 0.5) is 0 Å². The molecule has 0 spiro atoms. The molecule has 0 radical (unpaired) electrons. The van der Waals surface area contributed by atoms with Crippen LogP contribution in [-0.4, -0.2) is 0 Å². The highest BCUT2D eigenvalue weighted by Crippen LogP contribution is 2.40. The highest BCUT2D eigenvalue weighted by molar-refractivity contribution is 6.66. The van der Waals surface area contributed by atoms with Gasteiger partial charge in [0, 0.05) is 5.56 Å². The Morgan fingerprint density at radius 2 is 1.42 bits per heavy atom. The van der Waals surface area contributed by atoms with Gasteiger partial charge in [-0.25, -0.2) is 0 Å². The second-order valence-corrected chi connectivity index (χ2v) is 7.31. The van der Waals surface area contributed by atoms with Gasteiger partial charge in [-0.2, -0.15) is 0 Å². The largest absolute Gasteiger partial charge is 0.216 e. The van der Waals surface area contributed by atoms with Gasteiger partial charge in [0.15, 0.2) is 0 Å². The van der Waals surface area contributed by atoms with Crippen molar-refractivity contribution in [3.63, 3.8) is 0 Å². The Labute approximate surface area is 132 Å². The second kappa shape index (κ2) is 9.10. The lowest BCUT2D eigenvalue weighted by atomic mass is 10.0. The van der Waals surface area contributed by atoms with E-state index in [2.05, 4.69) is 13.0 Å². The maximum absolute atomic E-state index is 5.99. The topological polar surface area (TPSA) is 0 Å². The van der Waals surface area contributed by atoms with E-state index in [4.69, 9.17) is 34.8 Å². The highest BCUT2D eigenvalue weighted by Gasteiger charge is 2.25. The minimum atomic E-state index is -1.31. The van der Waals surface area contributed by atoms with Crippen molar-refractivity contribution in [2.24, 2.45) is 0 Å². The summed E-state index contributed by atoms with van der Waals surface area (Å²) in [6.07, 6.45) is 10.1. The molecule has 0 aliphatic carbocycles. The van der Waals surface area contributed by atoms with Crippen molar-refractivity contribution < 1.29 is 0 Å². The molecule has 0 aliphatic rings. The number of hydrogen-bond acceptors (Lipinski definition) is 0. The van der Waals surface area contributed by atoms with Crippen molar-refractivity contribution in [2.45, 2.75) is 62.1 Å². The number of halogens is 3. The second-order valence-electron chi connectivity index (χ2n) is 5.03. The highest BCUT2D eigenvalue weighted by atomic mass is 35.6. The van der Waals surface area contributed by atoms with Crippen LogP contribution in [0, 0.1) is 0 Å². The fourth-order valence-corrected chi connectivity index (χ4v) is 2.84. The standard InChI is InChI=1S/C16H23Cl3/c1-2-3-4-5-6-7-8-11-14-12-9-10-13-15(14)16(17,18)19/h9-10,12-13H,2-8,11H2,1H3. The van der Waals surface area contributed by atoms with Gasteiger partial charge in [-0.3, -0.25) is 0 Å². The fraction of sp³-hybridized carbons (Fsp3) is 0.625. The first-order chi connectivity index (χ1) is 9.05. The van der Waals surface area contributed by atoms with Crippen LogP contribution in [0.25, 0.3) is 0 Å². The van der Waals surface area contributed by atoms with Gasteiger partial charge in [-0.05, 0) is 18.4 Å². The number of hydrogen-bond donors (Lipinski definition) is 0. The molecule has 0 aliphatic heterocycles. The summed E-state index contributed by atoms with van der Waals surface area (Å²) in [4.78, 5) is 0. The Hall–Kier alpha value is 0.0900. The summed E-state index contributed by atoms with van der Waals surface area (Å²) >= 11 is 18.0. The zero-order valence-corrected chi connectivity index (χ0v) is 13.9. The fourth-order valence-electron chi connectivity index (χ4n) is 2.29. The molecule has 0 N–H and O–H groups in total. The monoisotopic (exact) mass is 320 g/mol. The van der Waals surface area contributed by atoms with Crippen LogP contribution in [-0.2, 0) is 10.2 Å². The lowest BCUT2D eigenvalue weighted by molar-refractivity contribution is 0.589. The van der Waals surface area contributed by atoms with Gasteiger partial charge >= 0.3 is 0 Å². The third kappa shape index (κ3) is 6.88. The van der Waals surface area contributed by atoms with E-state index in [-0.39, 0.29) is 0 Å². The van der Waals surface area contributed by atoms with Gasteiger partial charge in [0.1, 0.15) is 0 Å². The van der Waals surface area contributed by atoms with Crippen molar-refractivity contribution in [3.8, 4) is 0 Å². The van der Waals surface area contributed by atoms with Crippen molar-refractivity contribution >= 4 is 34.8 Å². The minimum absolute atomic E-state index is 0.825. The molecule has 3 heteroatoms. The van der Waals surface area contributed by atoms with Gasteiger partial charge < -0.3 is 0 Å². The van der Waals surface area contributed by atoms with Gasteiger partial charge in [0.05, 0.1) is 0 Å². The molecular formula is C16H23Cl3. The number of aryl methyl sites for hydroxylation is 1. The van der Waals surface area contributed by atoms with Crippen molar-refractivity contribution in [1.29, 1.82) is 0 Å². The average Bonchev–Trinajstić information content (AvgIpc) is 2.37. The van der Waals surface area contributed by atoms with E-state index in [1.54, 1.807) is 0 Å². The molecule has 1 aromatic carbocycles. The average molecular weight is 322 g/mol. The molecule has 0 saturated heterocycles. The first-order valence-electron chi connectivity index (χ1n) is 7.20. The summed E-state index contributed by atoms with van der Waals surface area (Å²) in [6, 6.07) is 7.90. The summed E-state index contributed by atoms with van der Waals surface area (Å²) in [5.41, 5.74) is 1.99. The predicted molar refractivity (Wildman–Crippen MR) is 87.4 cm³/mol. The number of unbranched alkanes of at least 4 members (excludes halogenated alkanes) is 6. The van der Waals surface area contributed by atoms with Crippen LogP contribution < -0.4 is 0 Å². The molecule has 0 nitrogen and oxygen atoms in total. The lowest BCUT2D eigenvalue weighted by Gasteiger charge is -2.16. The van der Waals surface area contributed by atoms with Crippen LogP contribution >= 0.6 is 34.8 Å². The predicted octanol–water partition coefficient (Wildman–Crippen LogP) is 6.81. The molecule has 0 bridgehead atoms. The van der Waals surface area contributed by atoms with Gasteiger partial charge in [0.2, 0.25) is 3.79 Å². The maximum Gasteiger partial charge on any atom is 0.216 e. The third-order valence-corrected chi connectivity index (χ3v) is 3.98. The molecule has 108 valence electrons. The first-order valence-corrected chi connectivity index (χ1v) is 8.34. The zero-order chi connectivity index (χ0) is 14.1. The molecule has 19 heavy (non-hydrogen) atoms. The normalized spacial score (nSPS) is 11.8. The van der Waals surface area contributed by atoms with Gasteiger partial charge in [0.25, 0.3) is 0 Å². The Kier molecular flexibility index (Phi) is 8.21. The van der Waals surface area contributed by atoms with Crippen LogP contribution in [0.3, 0.4) is 0 Å². The SMILES string of the molecule is CCCCCCCCCc1ccccc1C(Cl)(Cl)Cl. The van der Waals surface area contributed by atoms with Crippen LogP contribution in [0.1, 0.15) is 63.0 Å². The quantitative estimate of drug-likeness (QED) is 0.364. The smallest absolute Gasteiger partial charge is 0.0784 e. The molecule has 0 fully saturated rings.